The second kappa shape index (κ2) is 5.13. The van der Waals surface area contributed by atoms with Gasteiger partial charge in [0.15, 0.2) is 0 Å². The highest BCUT2D eigenvalue weighted by atomic mass is 16.4. The van der Waals surface area contributed by atoms with Gasteiger partial charge in [-0.15, -0.1) is 0 Å². The van der Waals surface area contributed by atoms with Gasteiger partial charge in [-0.1, -0.05) is 6.07 Å². The Morgan fingerprint density at radius 1 is 1.22 bits per heavy atom. The number of carbonyl (C=O) groups is 2. The van der Waals surface area contributed by atoms with E-state index in [0.29, 0.717) is 6.54 Å². The summed E-state index contributed by atoms with van der Waals surface area (Å²) in [6.45, 7) is 0.338. The van der Waals surface area contributed by atoms with Crippen LogP contribution in [0.2, 0.25) is 0 Å². The summed E-state index contributed by atoms with van der Waals surface area (Å²) < 4.78 is 0. The van der Waals surface area contributed by atoms with E-state index in [1.165, 1.54) is 18.2 Å². The van der Waals surface area contributed by atoms with Crippen LogP contribution in [-0.4, -0.2) is 27.0 Å². The number of H-pyrrole nitrogens is 1. The molecule has 6 nitrogen and oxygen atoms in total. The van der Waals surface area contributed by atoms with Gasteiger partial charge in [-0.05, 0) is 24.3 Å². The van der Waals surface area contributed by atoms with Crippen LogP contribution in [0.4, 0.5) is 0 Å². The van der Waals surface area contributed by atoms with Gasteiger partial charge in [0.1, 0.15) is 11.4 Å². The molecule has 0 unspecified atom stereocenters. The van der Waals surface area contributed by atoms with Crippen molar-refractivity contribution >= 4 is 11.9 Å². The molecule has 0 radical (unpaired) electrons. The number of amides is 1. The third-order valence-electron chi connectivity index (χ3n) is 2.30. The third kappa shape index (κ3) is 2.73. The van der Waals surface area contributed by atoms with Gasteiger partial charge in [0.25, 0.3) is 5.91 Å². The van der Waals surface area contributed by atoms with Crippen molar-refractivity contribution in [2.75, 3.05) is 0 Å². The number of nitrogens with one attached hydrogen (secondary N) is 2. The molecule has 6 heteroatoms. The van der Waals surface area contributed by atoms with Crippen molar-refractivity contribution in [3.63, 3.8) is 0 Å². The summed E-state index contributed by atoms with van der Waals surface area (Å²) in [6.07, 6.45) is 1.75. The fraction of sp³-hybridized carbons (Fsp3) is 0.0833. The summed E-state index contributed by atoms with van der Waals surface area (Å²) in [5, 5.41) is 11.4. The number of rotatable bonds is 4. The first-order chi connectivity index (χ1) is 8.66. The van der Waals surface area contributed by atoms with Crippen molar-refractivity contribution in [1.29, 1.82) is 0 Å². The Balaban J connectivity index is 2.04. The molecule has 3 N–H and O–H groups in total. The number of carboxylic acid groups (broad SMARTS) is 1. The molecule has 0 aliphatic carbocycles. The molecule has 0 atom stereocenters. The molecule has 2 rings (SSSR count). The molecular formula is C12H11N3O3. The number of aromatic carboxylic acids is 1. The zero-order chi connectivity index (χ0) is 13.0. The molecule has 2 aromatic rings. The average Bonchev–Trinajstić information content (AvgIpc) is 2.89. The molecule has 0 saturated heterocycles. The second-order valence-corrected chi connectivity index (χ2v) is 3.59. The van der Waals surface area contributed by atoms with E-state index in [4.69, 9.17) is 5.11 Å². The van der Waals surface area contributed by atoms with E-state index in [-0.39, 0.29) is 11.4 Å². The van der Waals surface area contributed by atoms with Crippen LogP contribution in [0.5, 0.6) is 0 Å². The van der Waals surface area contributed by atoms with Gasteiger partial charge >= 0.3 is 5.97 Å². The summed E-state index contributed by atoms with van der Waals surface area (Å²) in [6, 6.07) is 7.95. The topological polar surface area (TPSA) is 95.1 Å². The Morgan fingerprint density at radius 3 is 2.67 bits per heavy atom. The highest BCUT2D eigenvalue weighted by Crippen LogP contribution is 2.00. The van der Waals surface area contributed by atoms with Crippen molar-refractivity contribution in [2.24, 2.45) is 0 Å². The van der Waals surface area contributed by atoms with Gasteiger partial charge in [0.2, 0.25) is 0 Å². The minimum absolute atomic E-state index is 0.0847. The molecule has 0 fully saturated rings. The van der Waals surface area contributed by atoms with Crippen molar-refractivity contribution in [3.05, 3.63) is 53.6 Å². The van der Waals surface area contributed by atoms with Gasteiger partial charge in [-0.2, -0.15) is 0 Å². The Bertz CT molecular complexity index is 564. The first-order valence-corrected chi connectivity index (χ1v) is 5.27. The maximum absolute atomic E-state index is 11.7. The number of pyridine rings is 1. The van der Waals surface area contributed by atoms with Crippen LogP contribution in [0.1, 0.15) is 26.7 Å². The first-order valence-electron chi connectivity index (χ1n) is 5.27. The number of carbonyl (C=O) groups excluding carboxylic acids is 1. The molecule has 1 amide bonds. The molecular weight excluding hydrogens is 234 g/mol. The van der Waals surface area contributed by atoms with Crippen molar-refractivity contribution < 1.29 is 14.7 Å². The summed E-state index contributed by atoms with van der Waals surface area (Å²) in [5.41, 5.74) is 0.793. The van der Waals surface area contributed by atoms with E-state index in [1.54, 1.807) is 6.20 Å². The fourth-order valence-corrected chi connectivity index (χ4v) is 1.42. The molecule has 0 aliphatic rings. The van der Waals surface area contributed by atoms with Crippen LogP contribution >= 0.6 is 0 Å². The van der Waals surface area contributed by atoms with Crippen molar-refractivity contribution in [2.45, 2.75) is 6.54 Å². The Kier molecular flexibility index (Phi) is 3.38. The Hall–Kier alpha value is -2.63. The van der Waals surface area contributed by atoms with E-state index in [0.717, 1.165) is 5.69 Å². The summed E-state index contributed by atoms with van der Waals surface area (Å²) in [4.78, 5) is 29.2. The minimum atomic E-state index is -1.16. The summed E-state index contributed by atoms with van der Waals surface area (Å²) >= 11 is 0. The standard InChI is InChI=1S/C12H11N3O3/c16-11(14-7-8-3-2-6-13-8)9-4-1-5-10(15-9)12(17)18/h1-6,13H,7H2,(H,14,16)(H,17,18). The van der Waals surface area contributed by atoms with Gasteiger partial charge in [0.05, 0.1) is 6.54 Å². The van der Waals surface area contributed by atoms with E-state index in [2.05, 4.69) is 15.3 Å². The lowest BCUT2D eigenvalue weighted by Crippen LogP contribution is -2.24. The van der Waals surface area contributed by atoms with Crippen molar-refractivity contribution in [1.82, 2.24) is 15.3 Å². The normalized spacial score (nSPS) is 10.0. The summed E-state index contributed by atoms with van der Waals surface area (Å²) in [7, 11) is 0. The predicted molar refractivity (Wildman–Crippen MR) is 63.2 cm³/mol. The van der Waals surface area contributed by atoms with Crippen LogP contribution in [0.15, 0.2) is 36.5 Å². The Morgan fingerprint density at radius 2 is 2.00 bits per heavy atom. The van der Waals surface area contributed by atoms with Crippen LogP contribution in [-0.2, 0) is 6.54 Å². The van der Waals surface area contributed by atoms with Crippen LogP contribution < -0.4 is 5.32 Å². The molecule has 2 heterocycles. The van der Waals surface area contributed by atoms with E-state index >= 15 is 0 Å². The van der Waals surface area contributed by atoms with Crippen LogP contribution in [0.3, 0.4) is 0 Å². The number of hydrogen-bond donors (Lipinski definition) is 3. The number of aromatic nitrogens is 2. The zero-order valence-corrected chi connectivity index (χ0v) is 9.38. The van der Waals surface area contributed by atoms with Crippen LogP contribution in [0.25, 0.3) is 0 Å². The quantitative estimate of drug-likeness (QED) is 0.749. The van der Waals surface area contributed by atoms with Gasteiger partial charge < -0.3 is 15.4 Å². The highest BCUT2D eigenvalue weighted by Gasteiger charge is 2.10. The maximum atomic E-state index is 11.7. The average molecular weight is 245 g/mol. The van der Waals surface area contributed by atoms with Gasteiger partial charge in [0, 0.05) is 11.9 Å². The van der Waals surface area contributed by atoms with Gasteiger partial charge in [-0.25, -0.2) is 9.78 Å². The van der Waals surface area contributed by atoms with E-state index in [1.807, 2.05) is 12.1 Å². The molecule has 2 aromatic heterocycles. The molecule has 0 aromatic carbocycles. The highest BCUT2D eigenvalue weighted by molar-refractivity contribution is 5.94. The number of hydrogen-bond acceptors (Lipinski definition) is 3. The second-order valence-electron chi connectivity index (χ2n) is 3.59. The number of aromatic amines is 1. The maximum Gasteiger partial charge on any atom is 0.354 e. The third-order valence-corrected chi connectivity index (χ3v) is 2.30. The lowest BCUT2D eigenvalue weighted by atomic mass is 10.3. The zero-order valence-electron chi connectivity index (χ0n) is 9.38. The predicted octanol–water partition coefficient (Wildman–Crippen LogP) is 1.04. The van der Waals surface area contributed by atoms with Crippen LogP contribution in [0, 0.1) is 0 Å². The first kappa shape index (κ1) is 11.8. The number of nitrogens with zero attached hydrogens (tertiary/aromatic N) is 1. The Labute approximate surface area is 103 Å². The minimum Gasteiger partial charge on any atom is -0.477 e. The summed E-state index contributed by atoms with van der Waals surface area (Å²) in [5.74, 6) is -1.57. The molecule has 0 spiro atoms. The fourth-order valence-electron chi connectivity index (χ4n) is 1.42. The van der Waals surface area contributed by atoms with Crippen molar-refractivity contribution in [3.8, 4) is 0 Å². The lowest BCUT2D eigenvalue weighted by molar-refractivity contribution is 0.0690. The molecule has 0 saturated carbocycles. The molecule has 0 aliphatic heterocycles. The van der Waals surface area contributed by atoms with Gasteiger partial charge in [-0.3, -0.25) is 4.79 Å². The lowest BCUT2D eigenvalue weighted by Gasteiger charge is -2.03. The SMILES string of the molecule is O=C(O)c1cccc(C(=O)NCc2ccc[nH]2)n1. The largest absolute Gasteiger partial charge is 0.477 e. The molecule has 0 bridgehead atoms. The molecule has 92 valence electrons. The van der Waals surface area contributed by atoms with E-state index in [9.17, 15) is 9.59 Å². The molecule has 18 heavy (non-hydrogen) atoms. The number of carboxylic acids is 1. The smallest absolute Gasteiger partial charge is 0.354 e. The monoisotopic (exact) mass is 245 g/mol. The van der Waals surface area contributed by atoms with E-state index < -0.39 is 11.9 Å².